The van der Waals surface area contributed by atoms with Crippen LogP contribution >= 0.6 is 0 Å². The van der Waals surface area contributed by atoms with Crippen molar-refractivity contribution in [1.82, 2.24) is 15.1 Å². The third-order valence-corrected chi connectivity index (χ3v) is 7.28. The van der Waals surface area contributed by atoms with Gasteiger partial charge in [-0.2, -0.15) is 0 Å². The Kier molecular flexibility index (Phi) is 6.61. The maximum Gasteiger partial charge on any atom is 0.253 e. The smallest absolute Gasteiger partial charge is 0.253 e. The van der Waals surface area contributed by atoms with E-state index in [2.05, 4.69) is 5.32 Å². The first kappa shape index (κ1) is 23.2. The molecular weight excluding hydrogens is 446 g/mol. The second kappa shape index (κ2) is 9.98. The van der Waals surface area contributed by atoms with Gasteiger partial charge in [0, 0.05) is 37.3 Å². The van der Waals surface area contributed by atoms with E-state index in [1.54, 1.807) is 24.3 Å². The molecule has 0 spiro atoms. The summed E-state index contributed by atoms with van der Waals surface area (Å²) in [7, 11) is 0. The molecule has 3 aliphatic rings. The first-order valence-corrected chi connectivity index (χ1v) is 12.4. The number of hydrogen-bond acceptors (Lipinski definition) is 5. The van der Waals surface area contributed by atoms with Crippen LogP contribution in [0.25, 0.3) is 0 Å². The molecule has 0 aromatic heterocycles. The Morgan fingerprint density at radius 3 is 2.37 bits per heavy atom. The van der Waals surface area contributed by atoms with Crippen LogP contribution in [0.1, 0.15) is 52.0 Å². The van der Waals surface area contributed by atoms with Crippen LogP contribution in [-0.2, 0) is 4.79 Å². The summed E-state index contributed by atoms with van der Waals surface area (Å²) in [5, 5.41) is 3.06. The largest absolute Gasteiger partial charge is 0.454 e. The molecular formula is C27H31N3O5. The van der Waals surface area contributed by atoms with E-state index in [1.807, 2.05) is 34.9 Å². The fraction of sp³-hybridized carbons (Fsp3) is 0.444. The highest BCUT2D eigenvalue weighted by molar-refractivity contribution is 5.99. The van der Waals surface area contributed by atoms with Gasteiger partial charge in [-0.05, 0) is 68.4 Å². The molecule has 5 rings (SSSR count). The molecule has 2 aromatic rings. The maximum absolute atomic E-state index is 13.4. The lowest BCUT2D eigenvalue weighted by Crippen LogP contribution is -2.54. The van der Waals surface area contributed by atoms with Crippen molar-refractivity contribution in [2.24, 2.45) is 5.92 Å². The number of nitrogens with one attached hydrogen (secondary N) is 1. The van der Waals surface area contributed by atoms with Gasteiger partial charge in [0.25, 0.3) is 11.8 Å². The van der Waals surface area contributed by atoms with Crippen LogP contribution in [0.4, 0.5) is 0 Å². The number of carbonyl (C=O) groups excluding carboxylic acids is 3. The lowest BCUT2D eigenvalue weighted by Gasteiger charge is -2.37. The number of rotatable bonds is 5. The van der Waals surface area contributed by atoms with Crippen LogP contribution in [0, 0.1) is 12.8 Å². The summed E-state index contributed by atoms with van der Waals surface area (Å²) in [5.74, 6) is 0.906. The molecule has 0 aliphatic carbocycles. The van der Waals surface area contributed by atoms with Crippen LogP contribution in [-0.4, -0.2) is 66.5 Å². The molecule has 8 heteroatoms. The molecule has 2 saturated heterocycles. The molecule has 0 saturated carbocycles. The number of likely N-dealkylation sites (tertiary alicyclic amines) is 2. The van der Waals surface area contributed by atoms with E-state index in [9.17, 15) is 14.4 Å². The minimum absolute atomic E-state index is 0.00928. The monoisotopic (exact) mass is 477 g/mol. The van der Waals surface area contributed by atoms with Gasteiger partial charge in [0.15, 0.2) is 11.5 Å². The summed E-state index contributed by atoms with van der Waals surface area (Å²) in [4.78, 5) is 43.4. The van der Waals surface area contributed by atoms with Gasteiger partial charge < -0.3 is 24.6 Å². The molecule has 184 valence electrons. The van der Waals surface area contributed by atoms with E-state index in [4.69, 9.17) is 9.47 Å². The summed E-state index contributed by atoms with van der Waals surface area (Å²) in [6.45, 7) is 4.59. The number of benzene rings is 2. The molecule has 2 fully saturated rings. The predicted molar refractivity (Wildman–Crippen MR) is 129 cm³/mol. The van der Waals surface area contributed by atoms with E-state index in [-0.39, 0.29) is 30.4 Å². The maximum atomic E-state index is 13.4. The van der Waals surface area contributed by atoms with Crippen LogP contribution in [0.2, 0.25) is 0 Å². The van der Waals surface area contributed by atoms with Crippen molar-refractivity contribution in [1.29, 1.82) is 0 Å². The van der Waals surface area contributed by atoms with Gasteiger partial charge >= 0.3 is 0 Å². The second-order valence-electron chi connectivity index (χ2n) is 9.50. The summed E-state index contributed by atoms with van der Waals surface area (Å²) < 4.78 is 10.7. The molecule has 8 nitrogen and oxygen atoms in total. The Morgan fingerprint density at radius 2 is 1.63 bits per heavy atom. The number of amides is 3. The molecule has 3 heterocycles. The minimum Gasteiger partial charge on any atom is -0.454 e. The number of piperidine rings is 1. The molecule has 3 amide bonds. The molecule has 1 unspecified atom stereocenters. The Morgan fingerprint density at radius 1 is 0.914 bits per heavy atom. The van der Waals surface area contributed by atoms with E-state index in [0.29, 0.717) is 48.6 Å². The van der Waals surface area contributed by atoms with Crippen LogP contribution in [0.15, 0.2) is 42.5 Å². The number of aryl methyl sites for hydroxylation is 1. The number of carbonyl (C=O) groups is 3. The topological polar surface area (TPSA) is 88.2 Å². The van der Waals surface area contributed by atoms with Crippen molar-refractivity contribution < 1.29 is 23.9 Å². The molecule has 0 radical (unpaired) electrons. The number of hydrogen-bond donors (Lipinski definition) is 1. The van der Waals surface area contributed by atoms with Gasteiger partial charge in [0.2, 0.25) is 12.7 Å². The number of fused-ring (bicyclic) bond motifs is 1. The van der Waals surface area contributed by atoms with Gasteiger partial charge in [-0.25, -0.2) is 0 Å². The van der Waals surface area contributed by atoms with Crippen LogP contribution < -0.4 is 14.8 Å². The molecule has 35 heavy (non-hydrogen) atoms. The quantitative estimate of drug-likeness (QED) is 0.715. The van der Waals surface area contributed by atoms with E-state index in [0.717, 1.165) is 31.5 Å². The zero-order valence-electron chi connectivity index (χ0n) is 20.0. The van der Waals surface area contributed by atoms with Gasteiger partial charge in [0.05, 0.1) is 0 Å². The zero-order chi connectivity index (χ0) is 24.4. The SMILES string of the molecule is Cc1ccccc1C(=O)NC(C(=O)N1CCCC1)C1CCN(C(=O)c2ccc3c(c2)OCO3)CC1. The molecule has 0 bridgehead atoms. The van der Waals surface area contributed by atoms with E-state index >= 15 is 0 Å². The van der Waals surface area contributed by atoms with Crippen molar-refractivity contribution >= 4 is 17.7 Å². The highest BCUT2D eigenvalue weighted by Crippen LogP contribution is 2.33. The Bertz CT molecular complexity index is 1120. The lowest BCUT2D eigenvalue weighted by atomic mass is 9.87. The normalized spacial score (nSPS) is 18.4. The summed E-state index contributed by atoms with van der Waals surface area (Å²) in [6.07, 6.45) is 3.28. The third kappa shape index (κ3) is 4.83. The molecule has 3 aliphatic heterocycles. The van der Waals surface area contributed by atoms with Gasteiger partial charge in [-0.3, -0.25) is 14.4 Å². The third-order valence-electron chi connectivity index (χ3n) is 7.28. The Hall–Kier alpha value is -3.55. The lowest BCUT2D eigenvalue weighted by molar-refractivity contribution is -0.134. The van der Waals surface area contributed by atoms with E-state index in [1.165, 1.54) is 0 Å². The van der Waals surface area contributed by atoms with E-state index < -0.39 is 6.04 Å². The number of nitrogens with zero attached hydrogens (tertiary/aromatic N) is 2. The van der Waals surface area contributed by atoms with Gasteiger partial charge in [-0.15, -0.1) is 0 Å². The van der Waals surface area contributed by atoms with Crippen LogP contribution in [0.5, 0.6) is 11.5 Å². The minimum atomic E-state index is -0.594. The Labute approximate surface area is 205 Å². The standard InChI is InChI=1S/C27H31N3O5/c1-18-6-2-3-7-21(18)25(31)28-24(27(33)29-12-4-5-13-29)19-10-14-30(15-11-19)26(32)20-8-9-22-23(16-20)35-17-34-22/h2-3,6-9,16,19,24H,4-5,10-15,17H2,1H3,(H,28,31). The number of ether oxygens (including phenoxy) is 2. The van der Waals surface area contributed by atoms with Gasteiger partial charge in [0.1, 0.15) is 6.04 Å². The first-order chi connectivity index (χ1) is 17.0. The van der Waals surface area contributed by atoms with Crippen molar-refractivity contribution in [2.75, 3.05) is 33.0 Å². The highest BCUT2D eigenvalue weighted by atomic mass is 16.7. The van der Waals surface area contributed by atoms with Crippen LogP contribution in [0.3, 0.4) is 0 Å². The van der Waals surface area contributed by atoms with Gasteiger partial charge in [-0.1, -0.05) is 18.2 Å². The Balaban J connectivity index is 1.28. The summed E-state index contributed by atoms with van der Waals surface area (Å²) in [6, 6.07) is 12.0. The molecule has 2 aromatic carbocycles. The molecule has 1 N–H and O–H groups in total. The average Bonchev–Trinajstić information content (AvgIpc) is 3.59. The fourth-order valence-electron chi connectivity index (χ4n) is 5.21. The van der Waals surface area contributed by atoms with Crippen molar-refractivity contribution in [3.8, 4) is 11.5 Å². The zero-order valence-corrected chi connectivity index (χ0v) is 20.0. The summed E-state index contributed by atoms with van der Waals surface area (Å²) in [5.41, 5.74) is 2.02. The van der Waals surface area contributed by atoms with Crippen molar-refractivity contribution in [2.45, 2.75) is 38.6 Å². The highest BCUT2D eigenvalue weighted by Gasteiger charge is 2.37. The average molecular weight is 478 g/mol. The predicted octanol–water partition coefficient (Wildman–Crippen LogP) is 3.00. The molecule has 1 atom stereocenters. The first-order valence-electron chi connectivity index (χ1n) is 12.4. The summed E-state index contributed by atoms with van der Waals surface area (Å²) >= 11 is 0. The van der Waals surface area contributed by atoms with Crippen molar-refractivity contribution in [3.05, 3.63) is 59.2 Å². The van der Waals surface area contributed by atoms with Crippen molar-refractivity contribution in [3.63, 3.8) is 0 Å². The fourth-order valence-corrected chi connectivity index (χ4v) is 5.21. The second-order valence-corrected chi connectivity index (χ2v) is 9.50.